The third kappa shape index (κ3) is 5.44. The first-order valence-electron chi connectivity index (χ1n) is 11.4. The number of fused-ring (bicyclic) bond motifs is 1. The van der Waals surface area contributed by atoms with Gasteiger partial charge in [-0.2, -0.15) is 0 Å². The van der Waals surface area contributed by atoms with E-state index < -0.39 is 0 Å². The molecule has 1 fully saturated rings. The topological polar surface area (TPSA) is 91.4 Å². The van der Waals surface area contributed by atoms with Gasteiger partial charge in [0.15, 0.2) is 0 Å². The van der Waals surface area contributed by atoms with Crippen molar-refractivity contribution in [3.8, 4) is 0 Å². The van der Waals surface area contributed by atoms with Gasteiger partial charge in [-0.25, -0.2) is 0 Å². The Kier molecular flexibility index (Phi) is 7.61. The monoisotopic (exact) mass is 554 g/mol. The van der Waals surface area contributed by atoms with Crippen LogP contribution in [0.1, 0.15) is 44.1 Å². The van der Waals surface area contributed by atoms with Gasteiger partial charge in [-0.05, 0) is 54.0 Å². The Morgan fingerprint density at radius 2 is 2.11 bits per heavy atom. The van der Waals surface area contributed by atoms with Crippen LogP contribution in [-0.4, -0.2) is 38.5 Å². The number of hydrogen-bond donors (Lipinski definition) is 2. The van der Waals surface area contributed by atoms with Crippen molar-refractivity contribution < 1.29 is 14.4 Å². The molecule has 184 valence electrons. The number of thiophene rings is 2. The standard InChI is InChI=1S/C25H22N4O3S4/c30-20(8-10-29-24(32)19(36-25(29)33)12-16-5-3-11-34-16)28-23-21(17-6-1-7-18(17)35-23)22(31)27-14-15-4-2-9-26-13-15/h2-5,9,11-13H,1,6-8,10,14H2,(H,27,31)(H,28,30)/b19-12-. The summed E-state index contributed by atoms with van der Waals surface area (Å²) in [6.45, 7) is 0.546. The molecule has 2 aliphatic rings. The van der Waals surface area contributed by atoms with Crippen LogP contribution in [0.2, 0.25) is 0 Å². The van der Waals surface area contributed by atoms with E-state index in [9.17, 15) is 14.4 Å². The second-order valence-corrected chi connectivity index (χ2v) is 12.0. The number of anilines is 1. The molecule has 1 saturated heterocycles. The van der Waals surface area contributed by atoms with Gasteiger partial charge in [0.2, 0.25) is 5.91 Å². The molecule has 3 amide bonds. The first-order chi connectivity index (χ1) is 17.5. The molecule has 2 N–H and O–H groups in total. The molecule has 1 aliphatic heterocycles. The zero-order valence-corrected chi connectivity index (χ0v) is 22.4. The van der Waals surface area contributed by atoms with Crippen LogP contribution in [0, 0.1) is 0 Å². The predicted molar refractivity (Wildman–Crippen MR) is 149 cm³/mol. The summed E-state index contributed by atoms with van der Waals surface area (Å²) in [4.78, 5) is 47.0. The third-order valence-electron chi connectivity index (χ3n) is 5.83. The van der Waals surface area contributed by atoms with E-state index in [-0.39, 0.29) is 30.7 Å². The van der Waals surface area contributed by atoms with E-state index >= 15 is 0 Å². The van der Waals surface area contributed by atoms with E-state index in [2.05, 4.69) is 15.6 Å². The molecule has 3 aromatic heterocycles. The lowest BCUT2D eigenvalue weighted by molar-refractivity contribution is -0.122. The molecule has 0 unspecified atom stereocenters. The average molecular weight is 555 g/mol. The maximum atomic E-state index is 13.1. The van der Waals surface area contributed by atoms with E-state index in [1.54, 1.807) is 23.7 Å². The van der Waals surface area contributed by atoms with Gasteiger partial charge in [-0.1, -0.05) is 36.1 Å². The number of thioether (sulfide) groups is 1. The molecular weight excluding hydrogens is 533 g/mol. The van der Waals surface area contributed by atoms with Crippen molar-refractivity contribution in [2.45, 2.75) is 32.2 Å². The quantitative estimate of drug-likeness (QED) is 0.306. The van der Waals surface area contributed by atoms with Gasteiger partial charge in [0.25, 0.3) is 11.8 Å². The van der Waals surface area contributed by atoms with Crippen molar-refractivity contribution in [3.63, 3.8) is 0 Å². The first kappa shape index (κ1) is 24.8. The molecule has 36 heavy (non-hydrogen) atoms. The molecule has 0 bridgehead atoms. The number of carbonyl (C=O) groups is 3. The fraction of sp³-hybridized carbons (Fsp3) is 0.240. The minimum absolute atomic E-state index is 0.0814. The second kappa shape index (κ2) is 11.0. The molecule has 4 heterocycles. The molecule has 11 heteroatoms. The maximum absolute atomic E-state index is 13.1. The van der Waals surface area contributed by atoms with Gasteiger partial charge in [0.05, 0.1) is 10.5 Å². The highest BCUT2D eigenvalue weighted by molar-refractivity contribution is 8.26. The smallest absolute Gasteiger partial charge is 0.266 e. The van der Waals surface area contributed by atoms with Crippen LogP contribution in [0.25, 0.3) is 6.08 Å². The number of pyridine rings is 1. The van der Waals surface area contributed by atoms with Crippen LogP contribution in [-0.2, 0) is 29.0 Å². The van der Waals surface area contributed by atoms with Crippen molar-refractivity contribution in [1.82, 2.24) is 15.2 Å². The predicted octanol–water partition coefficient (Wildman–Crippen LogP) is 4.85. The summed E-state index contributed by atoms with van der Waals surface area (Å²) in [7, 11) is 0. The lowest BCUT2D eigenvalue weighted by Crippen LogP contribution is -2.31. The van der Waals surface area contributed by atoms with E-state index in [0.717, 1.165) is 40.1 Å². The van der Waals surface area contributed by atoms with Gasteiger partial charge < -0.3 is 10.6 Å². The van der Waals surface area contributed by atoms with Gasteiger partial charge in [-0.3, -0.25) is 24.3 Å². The SMILES string of the molecule is O=C(CCN1C(=O)/C(=C/c2cccs2)SC1=S)Nc1sc2c(c1C(=O)NCc1cccnc1)CCC2. The molecular formula is C25H22N4O3S4. The molecule has 0 aromatic carbocycles. The zero-order valence-electron chi connectivity index (χ0n) is 19.1. The Labute approximate surface area is 226 Å². The van der Waals surface area contributed by atoms with E-state index in [4.69, 9.17) is 12.2 Å². The molecule has 0 atom stereocenters. The van der Waals surface area contributed by atoms with Crippen LogP contribution in [0.15, 0.2) is 46.9 Å². The Bertz CT molecular complexity index is 1350. The van der Waals surface area contributed by atoms with Crippen molar-refractivity contribution in [1.29, 1.82) is 0 Å². The molecule has 7 nitrogen and oxygen atoms in total. The third-order valence-corrected chi connectivity index (χ3v) is 9.23. The Morgan fingerprint density at radius 1 is 1.22 bits per heavy atom. The Hall–Kier alpha value is -2.86. The number of carbonyl (C=O) groups excluding carboxylic acids is 3. The molecule has 0 spiro atoms. The lowest BCUT2D eigenvalue weighted by atomic mass is 10.1. The lowest BCUT2D eigenvalue weighted by Gasteiger charge is -2.14. The van der Waals surface area contributed by atoms with Crippen molar-refractivity contribution >= 4 is 79.8 Å². The van der Waals surface area contributed by atoms with Crippen LogP contribution in [0.5, 0.6) is 0 Å². The van der Waals surface area contributed by atoms with E-state index in [1.807, 2.05) is 35.7 Å². The summed E-state index contributed by atoms with van der Waals surface area (Å²) < 4.78 is 0.446. The highest BCUT2D eigenvalue weighted by Crippen LogP contribution is 2.39. The first-order valence-corrected chi connectivity index (χ1v) is 14.3. The minimum Gasteiger partial charge on any atom is -0.348 e. The van der Waals surface area contributed by atoms with Gasteiger partial charge in [0.1, 0.15) is 9.32 Å². The number of rotatable bonds is 8. The Balaban J connectivity index is 1.23. The minimum atomic E-state index is -0.257. The normalized spacial score (nSPS) is 16.0. The number of nitrogens with one attached hydrogen (secondary N) is 2. The number of aryl methyl sites for hydroxylation is 1. The van der Waals surface area contributed by atoms with Crippen molar-refractivity contribution in [2.75, 3.05) is 11.9 Å². The van der Waals surface area contributed by atoms with E-state index in [0.29, 0.717) is 26.3 Å². The van der Waals surface area contributed by atoms with Crippen LogP contribution in [0.3, 0.4) is 0 Å². The van der Waals surface area contributed by atoms with Gasteiger partial charge >= 0.3 is 0 Å². The number of nitrogens with zero attached hydrogens (tertiary/aromatic N) is 2. The second-order valence-electron chi connectivity index (χ2n) is 8.25. The summed E-state index contributed by atoms with van der Waals surface area (Å²) in [5, 5.41) is 8.40. The van der Waals surface area contributed by atoms with Crippen molar-refractivity contribution in [2.24, 2.45) is 0 Å². The fourth-order valence-electron chi connectivity index (χ4n) is 4.10. The number of thiocarbonyl (C=S) groups is 1. The summed E-state index contributed by atoms with van der Waals surface area (Å²) in [5.74, 6) is -0.645. The Morgan fingerprint density at radius 3 is 2.89 bits per heavy atom. The number of amides is 3. The number of hydrogen-bond acceptors (Lipinski definition) is 8. The zero-order chi connectivity index (χ0) is 25.1. The fourth-order valence-corrected chi connectivity index (χ4v) is 7.44. The van der Waals surface area contributed by atoms with E-state index in [1.165, 1.54) is 28.0 Å². The highest BCUT2D eigenvalue weighted by Gasteiger charge is 2.33. The number of aromatic nitrogens is 1. The van der Waals surface area contributed by atoms with Crippen LogP contribution < -0.4 is 10.6 Å². The molecule has 1 aliphatic carbocycles. The molecule has 0 radical (unpaired) electrons. The summed E-state index contributed by atoms with van der Waals surface area (Å²) in [5.41, 5.74) is 2.48. The van der Waals surface area contributed by atoms with Crippen LogP contribution >= 0.6 is 46.7 Å². The van der Waals surface area contributed by atoms with Crippen LogP contribution in [0.4, 0.5) is 5.00 Å². The van der Waals surface area contributed by atoms with Gasteiger partial charge in [0, 0.05) is 41.7 Å². The largest absolute Gasteiger partial charge is 0.348 e. The van der Waals surface area contributed by atoms with Gasteiger partial charge in [-0.15, -0.1) is 22.7 Å². The highest BCUT2D eigenvalue weighted by atomic mass is 32.2. The summed E-state index contributed by atoms with van der Waals surface area (Å²) >= 11 is 9.65. The summed E-state index contributed by atoms with van der Waals surface area (Å²) in [6, 6.07) is 7.59. The van der Waals surface area contributed by atoms with Crippen molar-refractivity contribution in [3.05, 3.63) is 73.4 Å². The molecule has 0 saturated carbocycles. The summed E-state index contributed by atoms with van der Waals surface area (Å²) in [6.07, 6.45) is 8.05. The molecule has 3 aromatic rings. The average Bonchev–Trinajstić information content (AvgIpc) is 3.64. The molecule has 5 rings (SSSR count). The maximum Gasteiger partial charge on any atom is 0.266 e.